The third-order valence-electron chi connectivity index (χ3n) is 4.34. The summed E-state index contributed by atoms with van der Waals surface area (Å²) < 4.78 is 0. The van der Waals surface area contributed by atoms with Gasteiger partial charge in [-0.25, -0.2) is 4.79 Å². The topological polar surface area (TPSA) is 49.3 Å². The number of hydrogen-bond donors (Lipinski definition) is 2. The molecule has 0 amide bonds. The zero-order chi connectivity index (χ0) is 14.9. The predicted octanol–water partition coefficient (Wildman–Crippen LogP) is 3.42. The van der Waals surface area contributed by atoms with Crippen LogP contribution in [0.15, 0.2) is 54.6 Å². The van der Waals surface area contributed by atoms with E-state index in [9.17, 15) is 4.79 Å². The van der Waals surface area contributed by atoms with Crippen molar-refractivity contribution < 1.29 is 9.90 Å². The molecule has 0 heterocycles. The van der Waals surface area contributed by atoms with Gasteiger partial charge in [-0.15, -0.1) is 0 Å². The fourth-order valence-corrected chi connectivity index (χ4v) is 2.80. The van der Waals surface area contributed by atoms with Crippen molar-refractivity contribution in [2.45, 2.75) is 31.3 Å². The Bertz CT molecular complexity index is 636. The molecule has 0 radical (unpaired) electrons. The van der Waals surface area contributed by atoms with Gasteiger partial charge in [-0.3, -0.25) is 0 Å². The summed E-state index contributed by atoms with van der Waals surface area (Å²) in [4.78, 5) is 10.8. The van der Waals surface area contributed by atoms with Crippen molar-refractivity contribution in [2.24, 2.45) is 0 Å². The van der Waals surface area contributed by atoms with E-state index in [1.165, 1.54) is 5.56 Å². The summed E-state index contributed by atoms with van der Waals surface area (Å²) in [6, 6.07) is 17.6. The van der Waals surface area contributed by atoms with Gasteiger partial charge in [0.05, 0.1) is 5.56 Å². The first-order valence-corrected chi connectivity index (χ1v) is 7.21. The third-order valence-corrected chi connectivity index (χ3v) is 4.34. The number of aromatic carboxylic acids is 1. The number of benzene rings is 2. The number of carbonyl (C=O) groups is 1. The number of carboxylic acid groups (broad SMARTS) is 1. The molecular weight excluding hydrogens is 262 g/mol. The molecule has 1 saturated carbocycles. The molecule has 2 N–H and O–H groups in total. The van der Waals surface area contributed by atoms with E-state index in [1.54, 1.807) is 12.1 Å². The first-order valence-electron chi connectivity index (χ1n) is 7.21. The van der Waals surface area contributed by atoms with Gasteiger partial charge < -0.3 is 10.4 Å². The number of hydrogen-bond acceptors (Lipinski definition) is 2. The molecule has 3 heteroatoms. The van der Waals surface area contributed by atoms with E-state index in [2.05, 4.69) is 36.5 Å². The fourth-order valence-electron chi connectivity index (χ4n) is 2.80. The summed E-state index contributed by atoms with van der Waals surface area (Å²) in [6.45, 7) is 3.01. The van der Waals surface area contributed by atoms with Crippen LogP contribution in [0.2, 0.25) is 0 Å². The maximum Gasteiger partial charge on any atom is 0.335 e. The van der Waals surface area contributed by atoms with E-state index >= 15 is 0 Å². The van der Waals surface area contributed by atoms with Gasteiger partial charge in [0.2, 0.25) is 0 Å². The van der Waals surface area contributed by atoms with Crippen LogP contribution in [-0.4, -0.2) is 16.6 Å². The molecule has 21 heavy (non-hydrogen) atoms. The second-order valence-corrected chi connectivity index (χ2v) is 5.94. The molecule has 1 aliphatic rings. The molecule has 0 bridgehead atoms. The van der Waals surface area contributed by atoms with E-state index in [4.69, 9.17) is 5.11 Å². The van der Waals surface area contributed by atoms with Crippen molar-refractivity contribution in [3.63, 3.8) is 0 Å². The highest BCUT2D eigenvalue weighted by Gasteiger charge is 2.50. The minimum Gasteiger partial charge on any atom is -0.478 e. The molecule has 2 aromatic rings. The summed E-state index contributed by atoms with van der Waals surface area (Å²) >= 11 is 0. The van der Waals surface area contributed by atoms with Crippen LogP contribution in [0.3, 0.4) is 0 Å². The second-order valence-electron chi connectivity index (χ2n) is 5.94. The Balaban J connectivity index is 1.60. The van der Waals surface area contributed by atoms with Crippen molar-refractivity contribution in [3.05, 3.63) is 71.3 Å². The van der Waals surface area contributed by atoms with Crippen molar-refractivity contribution in [3.8, 4) is 0 Å². The van der Waals surface area contributed by atoms with Gasteiger partial charge in [-0.2, -0.15) is 0 Å². The highest BCUT2D eigenvalue weighted by atomic mass is 16.4. The van der Waals surface area contributed by atoms with Crippen molar-refractivity contribution >= 4 is 5.97 Å². The minimum atomic E-state index is -0.882. The Morgan fingerprint density at radius 3 is 2.48 bits per heavy atom. The Kier molecular flexibility index (Phi) is 3.52. The maximum atomic E-state index is 10.8. The molecular formula is C18H19NO2. The van der Waals surface area contributed by atoms with Gasteiger partial charge in [0, 0.05) is 18.0 Å². The van der Waals surface area contributed by atoms with Gasteiger partial charge in [0.1, 0.15) is 0 Å². The van der Waals surface area contributed by atoms with E-state index in [0.29, 0.717) is 11.5 Å². The predicted molar refractivity (Wildman–Crippen MR) is 82.4 cm³/mol. The SMILES string of the molecule is C[C@@]1(NCc2ccc(C(=O)O)cc2)C[C@H]1c1ccccc1. The highest BCUT2D eigenvalue weighted by molar-refractivity contribution is 5.87. The lowest BCUT2D eigenvalue weighted by Crippen LogP contribution is -2.29. The summed E-state index contributed by atoms with van der Waals surface area (Å²) in [5, 5.41) is 12.5. The van der Waals surface area contributed by atoms with Gasteiger partial charge >= 0.3 is 5.97 Å². The van der Waals surface area contributed by atoms with Crippen molar-refractivity contribution in [1.82, 2.24) is 5.32 Å². The molecule has 2 aromatic carbocycles. The quantitative estimate of drug-likeness (QED) is 0.883. The van der Waals surface area contributed by atoms with Gasteiger partial charge in [0.15, 0.2) is 0 Å². The van der Waals surface area contributed by atoms with E-state index in [-0.39, 0.29) is 5.54 Å². The van der Waals surface area contributed by atoms with Crippen LogP contribution in [0.1, 0.15) is 40.7 Å². The van der Waals surface area contributed by atoms with Crippen molar-refractivity contribution in [1.29, 1.82) is 0 Å². The number of carboxylic acids is 1. The summed E-state index contributed by atoms with van der Waals surface area (Å²) in [5.74, 6) is -0.315. The molecule has 1 aliphatic carbocycles. The first-order chi connectivity index (χ1) is 10.1. The standard InChI is InChI=1S/C18H19NO2/c1-18(11-16(18)14-5-3-2-4-6-14)19-12-13-7-9-15(10-8-13)17(20)21/h2-10,16,19H,11-12H2,1H3,(H,20,21)/t16-,18+/m0/s1. The van der Waals surface area contributed by atoms with Crippen LogP contribution >= 0.6 is 0 Å². The molecule has 3 nitrogen and oxygen atoms in total. The molecule has 1 fully saturated rings. The zero-order valence-corrected chi connectivity index (χ0v) is 12.0. The van der Waals surface area contributed by atoms with Crippen LogP contribution in [-0.2, 0) is 6.54 Å². The molecule has 0 aromatic heterocycles. The molecule has 108 valence electrons. The monoisotopic (exact) mass is 281 g/mol. The lowest BCUT2D eigenvalue weighted by Gasteiger charge is -2.14. The van der Waals surface area contributed by atoms with E-state index < -0.39 is 5.97 Å². The Hall–Kier alpha value is -2.13. The highest BCUT2D eigenvalue weighted by Crippen LogP contribution is 2.51. The Morgan fingerprint density at radius 2 is 1.86 bits per heavy atom. The normalized spacial score (nSPS) is 23.8. The van der Waals surface area contributed by atoms with Crippen LogP contribution in [0.25, 0.3) is 0 Å². The third kappa shape index (κ3) is 2.98. The van der Waals surface area contributed by atoms with E-state index in [1.807, 2.05) is 18.2 Å². The zero-order valence-electron chi connectivity index (χ0n) is 12.0. The van der Waals surface area contributed by atoms with Gasteiger partial charge in [-0.05, 0) is 36.6 Å². The smallest absolute Gasteiger partial charge is 0.335 e. The average molecular weight is 281 g/mol. The first kappa shape index (κ1) is 13.8. The van der Waals surface area contributed by atoms with Gasteiger partial charge in [0.25, 0.3) is 0 Å². The van der Waals surface area contributed by atoms with Crippen LogP contribution in [0.5, 0.6) is 0 Å². The molecule has 3 rings (SSSR count). The van der Waals surface area contributed by atoms with Crippen molar-refractivity contribution in [2.75, 3.05) is 0 Å². The largest absolute Gasteiger partial charge is 0.478 e. The minimum absolute atomic E-state index is 0.146. The molecule has 0 aliphatic heterocycles. The maximum absolute atomic E-state index is 10.8. The summed E-state index contributed by atoms with van der Waals surface area (Å²) in [6.07, 6.45) is 1.14. The van der Waals surface area contributed by atoms with Crippen LogP contribution in [0.4, 0.5) is 0 Å². The second kappa shape index (κ2) is 5.34. The number of nitrogens with one attached hydrogen (secondary N) is 1. The Morgan fingerprint density at radius 1 is 1.19 bits per heavy atom. The molecule has 0 spiro atoms. The van der Waals surface area contributed by atoms with E-state index in [0.717, 1.165) is 18.5 Å². The summed E-state index contributed by atoms with van der Waals surface area (Å²) in [5.41, 5.74) is 2.97. The molecule has 0 unspecified atom stereocenters. The fraction of sp³-hybridized carbons (Fsp3) is 0.278. The Labute approximate surface area is 124 Å². The summed E-state index contributed by atoms with van der Waals surface area (Å²) in [7, 11) is 0. The van der Waals surface area contributed by atoms with Crippen LogP contribution < -0.4 is 5.32 Å². The average Bonchev–Trinajstić information content (AvgIpc) is 3.19. The lowest BCUT2D eigenvalue weighted by molar-refractivity contribution is 0.0697. The molecule has 2 atom stereocenters. The number of rotatable bonds is 5. The molecule has 0 saturated heterocycles. The van der Waals surface area contributed by atoms with Gasteiger partial charge in [-0.1, -0.05) is 42.5 Å². The van der Waals surface area contributed by atoms with Crippen LogP contribution in [0, 0.1) is 0 Å². The lowest BCUT2D eigenvalue weighted by atomic mass is 10.1.